The van der Waals surface area contributed by atoms with Crippen LogP contribution < -0.4 is 11.1 Å². The lowest BCUT2D eigenvalue weighted by atomic mass is 9.97. The maximum absolute atomic E-state index is 11.4. The number of carbonyl (C=O) groups excluding carboxylic acids is 1. The molecule has 14 heavy (non-hydrogen) atoms. The molecular formula is C11H24N2O. The van der Waals surface area contributed by atoms with E-state index in [1.807, 2.05) is 0 Å². The summed E-state index contributed by atoms with van der Waals surface area (Å²) >= 11 is 0. The van der Waals surface area contributed by atoms with E-state index in [4.69, 9.17) is 5.73 Å². The maximum Gasteiger partial charge on any atom is 0.220 e. The van der Waals surface area contributed by atoms with Crippen LogP contribution in [0.25, 0.3) is 0 Å². The first-order valence-corrected chi connectivity index (χ1v) is 5.32. The van der Waals surface area contributed by atoms with E-state index in [-0.39, 0.29) is 11.3 Å². The Balaban J connectivity index is 3.57. The van der Waals surface area contributed by atoms with Crippen LogP contribution in [0.1, 0.15) is 40.5 Å². The Bertz CT molecular complexity index is 173. The second-order valence-electron chi connectivity index (χ2n) is 5.22. The summed E-state index contributed by atoms with van der Waals surface area (Å²) in [5, 5.41) is 2.92. The van der Waals surface area contributed by atoms with E-state index in [1.54, 1.807) is 0 Å². The van der Waals surface area contributed by atoms with Gasteiger partial charge < -0.3 is 11.1 Å². The number of carbonyl (C=O) groups is 1. The summed E-state index contributed by atoms with van der Waals surface area (Å²) in [7, 11) is 0. The first kappa shape index (κ1) is 13.4. The second kappa shape index (κ2) is 6.02. The minimum atomic E-state index is 0.139. The summed E-state index contributed by atoms with van der Waals surface area (Å²) in [6.45, 7) is 9.79. The monoisotopic (exact) mass is 200 g/mol. The summed E-state index contributed by atoms with van der Waals surface area (Å²) in [6.07, 6.45) is 1.47. The number of nitrogens with two attached hydrogens (primary N) is 1. The van der Waals surface area contributed by atoms with Gasteiger partial charge in [-0.2, -0.15) is 0 Å². The molecule has 0 aliphatic heterocycles. The SMILES string of the molecule is CC(CN)CCC(=O)NCC(C)(C)C. The first-order chi connectivity index (χ1) is 6.35. The molecule has 1 unspecified atom stereocenters. The van der Waals surface area contributed by atoms with E-state index in [0.29, 0.717) is 18.9 Å². The zero-order chi connectivity index (χ0) is 11.2. The van der Waals surface area contributed by atoms with Gasteiger partial charge in [0.1, 0.15) is 0 Å². The average Bonchev–Trinajstić information content (AvgIpc) is 2.09. The highest BCUT2D eigenvalue weighted by Gasteiger charge is 2.12. The second-order valence-corrected chi connectivity index (χ2v) is 5.22. The van der Waals surface area contributed by atoms with Gasteiger partial charge in [-0.15, -0.1) is 0 Å². The van der Waals surface area contributed by atoms with Gasteiger partial charge in [-0.25, -0.2) is 0 Å². The van der Waals surface area contributed by atoms with Gasteiger partial charge in [-0.3, -0.25) is 4.79 Å². The molecule has 1 amide bonds. The number of amides is 1. The molecule has 1 atom stereocenters. The molecule has 0 aromatic heterocycles. The van der Waals surface area contributed by atoms with Gasteiger partial charge in [0.2, 0.25) is 5.91 Å². The van der Waals surface area contributed by atoms with Crippen molar-refractivity contribution in [3.8, 4) is 0 Å². The molecule has 0 fully saturated rings. The molecule has 0 radical (unpaired) electrons. The zero-order valence-electron chi connectivity index (χ0n) is 9.89. The van der Waals surface area contributed by atoms with Crippen LogP contribution in [0, 0.1) is 11.3 Å². The van der Waals surface area contributed by atoms with Crippen LogP contribution in [0.3, 0.4) is 0 Å². The van der Waals surface area contributed by atoms with E-state index in [2.05, 4.69) is 33.0 Å². The van der Waals surface area contributed by atoms with Crippen molar-refractivity contribution in [3.63, 3.8) is 0 Å². The van der Waals surface area contributed by atoms with Crippen molar-refractivity contribution >= 4 is 5.91 Å². The van der Waals surface area contributed by atoms with Crippen molar-refractivity contribution in [3.05, 3.63) is 0 Å². The molecule has 0 aliphatic carbocycles. The number of rotatable bonds is 5. The van der Waals surface area contributed by atoms with Crippen LogP contribution in [0.15, 0.2) is 0 Å². The first-order valence-electron chi connectivity index (χ1n) is 5.32. The summed E-state index contributed by atoms with van der Waals surface area (Å²) < 4.78 is 0. The third-order valence-electron chi connectivity index (χ3n) is 2.08. The predicted molar refractivity (Wildman–Crippen MR) is 59.9 cm³/mol. The van der Waals surface area contributed by atoms with Crippen LogP contribution in [0.4, 0.5) is 0 Å². The molecule has 0 spiro atoms. The highest BCUT2D eigenvalue weighted by molar-refractivity contribution is 5.75. The molecule has 0 rings (SSSR count). The summed E-state index contributed by atoms with van der Waals surface area (Å²) in [5.74, 6) is 0.579. The quantitative estimate of drug-likeness (QED) is 0.707. The summed E-state index contributed by atoms with van der Waals surface area (Å²) in [5.41, 5.74) is 5.63. The average molecular weight is 200 g/mol. The predicted octanol–water partition coefficient (Wildman–Crippen LogP) is 1.52. The van der Waals surface area contributed by atoms with Crippen LogP contribution in [-0.4, -0.2) is 19.0 Å². The van der Waals surface area contributed by atoms with Crippen LogP contribution in [-0.2, 0) is 4.79 Å². The minimum absolute atomic E-state index is 0.139. The molecule has 0 heterocycles. The van der Waals surface area contributed by atoms with Gasteiger partial charge in [-0.05, 0) is 24.3 Å². The van der Waals surface area contributed by atoms with E-state index >= 15 is 0 Å². The fourth-order valence-corrected chi connectivity index (χ4v) is 0.947. The zero-order valence-corrected chi connectivity index (χ0v) is 9.89. The normalized spacial score (nSPS) is 13.8. The maximum atomic E-state index is 11.4. The van der Waals surface area contributed by atoms with Gasteiger partial charge >= 0.3 is 0 Å². The van der Waals surface area contributed by atoms with Gasteiger partial charge in [0.25, 0.3) is 0 Å². The van der Waals surface area contributed by atoms with Crippen LogP contribution in [0.5, 0.6) is 0 Å². The molecule has 0 aliphatic rings. The van der Waals surface area contributed by atoms with E-state index in [0.717, 1.165) is 13.0 Å². The highest BCUT2D eigenvalue weighted by atomic mass is 16.1. The van der Waals surface area contributed by atoms with Crippen molar-refractivity contribution in [2.45, 2.75) is 40.5 Å². The van der Waals surface area contributed by atoms with Gasteiger partial charge in [0.15, 0.2) is 0 Å². The fraction of sp³-hybridized carbons (Fsp3) is 0.909. The number of nitrogens with one attached hydrogen (secondary N) is 1. The van der Waals surface area contributed by atoms with Crippen molar-refractivity contribution < 1.29 is 4.79 Å². The Morgan fingerprint density at radius 2 is 2.00 bits per heavy atom. The number of hydrogen-bond acceptors (Lipinski definition) is 2. The van der Waals surface area contributed by atoms with Crippen molar-refractivity contribution in [1.82, 2.24) is 5.32 Å². The van der Waals surface area contributed by atoms with Crippen LogP contribution >= 0.6 is 0 Å². The highest BCUT2D eigenvalue weighted by Crippen LogP contribution is 2.10. The Morgan fingerprint density at radius 3 is 2.43 bits per heavy atom. The summed E-state index contributed by atoms with van der Waals surface area (Å²) in [4.78, 5) is 11.4. The smallest absolute Gasteiger partial charge is 0.220 e. The molecule has 0 aromatic carbocycles. The lowest BCUT2D eigenvalue weighted by Crippen LogP contribution is -2.32. The lowest BCUT2D eigenvalue weighted by molar-refractivity contribution is -0.121. The molecule has 3 heteroatoms. The minimum Gasteiger partial charge on any atom is -0.356 e. The van der Waals surface area contributed by atoms with Crippen molar-refractivity contribution in [2.75, 3.05) is 13.1 Å². The third-order valence-corrected chi connectivity index (χ3v) is 2.08. The van der Waals surface area contributed by atoms with E-state index in [1.165, 1.54) is 0 Å². The summed E-state index contributed by atoms with van der Waals surface area (Å²) in [6, 6.07) is 0. The molecule has 84 valence electrons. The Kier molecular flexibility index (Phi) is 5.77. The molecule has 3 N–H and O–H groups in total. The lowest BCUT2D eigenvalue weighted by Gasteiger charge is -2.19. The standard InChI is InChI=1S/C11H24N2O/c1-9(7-12)5-6-10(14)13-8-11(2,3)4/h9H,5-8,12H2,1-4H3,(H,13,14). The molecule has 0 bridgehead atoms. The van der Waals surface area contributed by atoms with E-state index < -0.39 is 0 Å². The van der Waals surface area contributed by atoms with E-state index in [9.17, 15) is 4.79 Å². The van der Waals surface area contributed by atoms with Crippen molar-refractivity contribution in [2.24, 2.45) is 17.1 Å². The van der Waals surface area contributed by atoms with Crippen LogP contribution in [0.2, 0.25) is 0 Å². The Hall–Kier alpha value is -0.570. The van der Waals surface area contributed by atoms with Gasteiger partial charge in [0.05, 0.1) is 0 Å². The Labute approximate surface area is 87.4 Å². The molecule has 0 saturated carbocycles. The third kappa shape index (κ3) is 8.05. The van der Waals surface area contributed by atoms with Gasteiger partial charge in [-0.1, -0.05) is 27.7 Å². The fourth-order valence-electron chi connectivity index (χ4n) is 0.947. The largest absolute Gasteiger partial charge is 0.356 e. The van der Waals surface area contributed by atoms with Crippen molar-refractivity contribution in [1.29, 1.82) is 0 Å². The molecule has 0 saturated heterocycles. The van der Waals surface area contributed by atoms with Gasteiger partial charge in [0, 0.05) is 13.0 Å². The molecule has 0 aromatic rings. The number of hydrogen-bond donors (Lipinski definition) is 2. The molecule has 3 nitrogen and oxygen atoms in total. The Morgan fingerprint density at radius 1 is 1.43 bits per heavy atom. The molecular weight excluding hydrogens is 176 g/mol. The topological polar surface area (TPSA) is 55.1 Å².